The molecule has 0 saturated carbocycles. The molecule has 1 atom stereocenters. The Morgan fingerprint density at radius 2 is 1.60 bits per heavy atom. The fourth-order valence-corrected chi connectivity index (χ4v) is 7.92. The first-order valence-corrected chi connectivity index (χ1v) is 12.4. The summed E-state index contributed by atoms with van der Waals surface area (Å²) >= 11 is 0. The van der Waals surface area contributed by atoms with Gasteiger partial charge in [0.1, 0.15) is 24.1 Å². The summed E-state index contributed by atoms with van der Waals surface area (Å²) < 4.78 is 22.5. The molecule has 3 aliphatic rings. The first-order chi connectivity index (χ1) is 14.5. The summed E-state index contributed by atoms with van der Waals surface area (Å²) in [4.78, 5) is 1.41. The van der Waals surface area contributed by atoms with E-state index in [9.17, 15) is 0 Å². The van der Waals surface area contributed by atoms with Crippen molar-refractivity contribution in [2.75, 3.05) is 31.1 Å². The van der Waals surface area contributed by atoms with Crippen LogP contribution in [0.5, 0.6) is 0 Å². The number of para-hydroxylation sites is 1. The molecule has 1 aliphatic carbocycles. The second-order valence-corrected chi connectivity index (χ2v) is 11.6. The molecule has 156 valence electrons. The number of nitrogens with one attached hydrogen (secondary N) is 1. The lowest BCUT2D eigenvalue weighted by atomic mass is 9.78. The van der Waals surface area contributed by atoms with E-state index in [1.54, 1.807) is 0 Å². The molecule has 0 bridgehead atoms. The molecule has 0 aromatic heterocycles. The van der Waals surface area contributed by atoms with Gasteiger partial charge in [0.25, 0.3) is 7.29 Å². The summed E-state index contributed by atoms with van der Waals surface area (Å²) in [6.07, 6.45) is 1.78. The Labute approximate surface area is 178 Å². The first-order valence-electron chi connectivity index (χ1n) is 10.7. The summed E-state index contributed by atoms with van der Waals surface area (Å²) in [6, 6.07) is 19.9. The van der Waals surface area contributed by atoms with Crippen LogP contribution in [0.1, 0.15) is 26.7 Å². The minimum absolute atomic E-state index is 0.0944. The molecule has 30 heavy (non-hydrogen) atoms. The van der Waals surface area contributed by atoms with Crippen LogP contribution < -0.4 is 15.0 Å². The zero-order valence-corrected chi connectivity index (χ0v) is 18.6. The van der Waals surface area contributed by atoms with Crippen LogP contribution in [0, 0.1) is 5.41 Å². The fraction of sp³-hybridized carbons (Fsp3) is 0.375. The van der Waals surface area contributed by atoms with Gasteiger partial charge in [-0.25, -0.2) is 4.78 Å². The fourth-order valence-electron chi connectivity index (χ4n) is 4.91. The summed E-state index contributed by atoms with van der Waals surface area (Å²) in [5.74, 6) is 0. The Balaban J connectivity index is 1.75. The van der Waals surface area contributed by atoms with Crippen molar-refractivity contribution in [2.24, 2.45) is 10.5 Å². The predicted octanol–water partition coefficient (Wildman–Crippen LogP) is 3.41. The minimum Gasteiger partial charge on any atom is -0.370 e. The topological polar surface area (TPSA) is 46.3 Å². The van der Waals surface area contributed by atoms with E-state index >= 15 is 4.57 Å². The van der Waals surface area contributed by atoms with Crippen molar-refractivity contribution >= 4 is 24.0 Å². The van der Waals surface area contributed by atoms with Gasteiger partial charge in [0.15, 0.2) is 0 Å². The van der Waals surface area contributed by atoms with Crippen molar-refractivity contribution in [3.8, 4) is 0 Å². The van der Waals surface area contributed by atoms with E-state index in [0.717, 1.165) is 61.2 Å². The van der Waals surface area contributed by atoms with Crippen LogP contribution in [0.15, 0.2) is 76.8 Å². The van der Waals surface area contributed by atoms with Gasteiger partial charge in [-0.2, -0.15) is 5.10 Å². The van der Waals surface area contributed by atoms with Gasteiger partial charge < -0.3 is 9.64 Å². The maximum absolute atomic E-state index is 15.1. The Bertz CT molecular complexity index is 1040. The lowest BCUT2D eigenvalue weighted by Crippen LogP contribution is -3.12. The molecule has 0 unspecified atom stereocenters. The van der Waals surface area contributed by atoms with Crippen LogP contribution in [0.4, 0.5) is 5.69 Å². The monoisotopic (exact) mass is 422 g/mol. The minimum atomic E-state index is -3.12. The predicted molar refractivity (Wildman–Crippen MR) is 122 cm³/mol. The Kier molecular flexibility index (Phi) is 4.93. The van der Waals surface area contributed by atoms with Crippen molar-refractivity contribution in [2.45, 2.75) is 26.7 Å². The highest BCUT2D eigenvalue weighted by atomic mass is 31.2. The van der Waals surface area contributed by atoms with Gasteiger partial charge in [0.05, 0.1) is 24.6 Å². The number of hydrogen-bond donors (Lipinski definition) is 1. The Hall–Kier alpha value is -2.20. The number of hydrazone groups is 1. The number of fused-ring (bicyclic) bond motifs is 1. The lowest BCUT2D eigenvalue weighted by molar-refractivity contribution is -0.871. The van der Waals surface area contributed by atoms with Crippen molar-refractivity contribution in [3.63, 3.8) is 0 Å². The summed E-state index contributed by atoms with van der Waals surface area (Å²) in [7, 11) is -3.12. The summed E-state index contributed by atoms with van der Waals surface area (Å²) in [6.45, 7) is 7.92. The molecule has 1 N–H and O–H groups in total. The van der Waals surface area contributed by atoms with Crippen LogP contribution in [-0.4, -0.2) is 32.0 Å². The van der Waals surface area contributed by atoms with E-state index in [-0.39, 0.29) is 5.41 Å². The number of morpholine rings is 1. The molecule has 2 heterocycles. The Morgan fingerprint density at radius 1 is 0.967 bits per heavy atom. The van der Waals surface area contributed by atoms with Crippen molar-refractivity contribution in [3.05, 3.63) is 71.7 Å². The van der Waals surface area contributed by atoms with E-state index in [4.69, 9.17) is 9.84 Å². The van der Waals surface area contributed by atoms with Crippen molar-refractivity contribution in [1.29, 1.82) is 0 Å². The van der Waals surface area contributed by atoms with Crippen molar-refractivity contribution in [1.82, 2.24) is 0 Å². The smallest absolute Gasteiger partial charge is 0.256 e. The average molecular weight is 422 g/mol. The van der Waals surface area contributed by atoms with E-state index in [0.29, 0.717) is 0 Å². The summed E-state index contributed by atoms with van der Waals surface area (Å²) in [5, 5.41) is 6.88. The molecule has 1 fully saturated rings. The SMILES string of the molecule is CC1(C)CC2=NN(c3ccccc3)[P@@](=O)(c3ccccc3)C2=C([NH+]2CCOCC2)C1. The molecular formula is C24H29N3O2P+. The molecule has 2 aromatic rings. The lowest BCUT2D eigenvalue weighted by Gasteiger charge is -2.37. The third kappa shape index (κ3) is 3.26. The molecule has 0 spiro atoms. The first kappa shape index (κ1) is 19.7. The number of allylic oxidation sites excluding steroid dienone is 2. The van der Waals surface area contributed by atoms with Gasteiger partial charge in [-0.05, 0) is 36.1 Å². The number of ether oxygens (including phenoxy) is 1. The second kappa shape index (κ2) is 7.49. The molecule has 2 aliphatic heterocycles. The van der Waals surface area contributed by atoms with Crippen LogP contribution in [0.3, 0.4) is 0 Å². The van der Waals surface area contributed by atoms with E-state index in [1.165, 1.54) is 10.6 Å². The number of hydrogen-bond acceptors (Lipinski definition) is 3. The van der Waals surface area contributed by atoms with Crippen LogP contribution in [0.2, 0.25) is 0 Å². The third-order valence-electron chi connectivity index (χ3n) is 6.26. The maximum Gasteiger partial charge on any atom is 0.256 e. The molecule has 6 heteroatoms. The number of benzene rings is 2. The largest absolute Gasteiger partial charge is 0.370 e. The molecule has 0 amide bonds. The Morgan fingerprint density at radius 3 is 2.27 bits per heavy atom. The standard InChI is InChI=1S/C24H28N3O2P/c1-24(2)17-21-23(22(18-24)26-13-15-29-16-14-26)30(28,20-11-7-4-8-12-20)27(25-21)19-9-5-3-6-10-19/h3-12H,13-18H2,1-2H3/p+1/t30-/m1/s1. The molecular weight excluding hydrogens is 393 g/mol. The van der Waals surface area contributed by atoms with Gasteiger partial charge in [-0.15, -0.1) is 0 Å². The highest BCUT2D eigenvalue weighted by Gasteiger charge is 2.52. The average Bonchev–Trinajstić information content (AvgIpc) is 3.07. The normalized spacial score (nSPS) is 26.5. The van der Waals surface area contributed by atoms with Crippen LogP contribution in [-0.2, 0) is 9.30 Å². The van der Waals surface area contributed by atoms with E-state index in [1.807, 2.05) is 65.4 Å². The van der Waals surface area contributed by atoms with E-state index < -0.39 is 7.29 Å². The number of quaternary nitrogens is 1. The molecule has 0 radical (unpaired) electrons. The molecule has 5 nitrogen and oxygen atoms in total. The van der Waals surface area contributed by atoms with E-state index in [2.05, 4.69) is 13.8 Å². The molecule has 1 saturated heterocycles. The number of anilines is 1. The van der Waals surface area contributed by atoms with Gasteiger partial charge in [-0.3, -0.25) is 4.57 Å². The third-order valence-corrected chi connectivity index (χ3v) is 9.25. The number of rotatable bonds is 3. The quantitative estimate of drug-likeness (QED) is 0.772. The van der Waals surface area contributed by atoms with Gasteiger partial charge in [-0.1, -0.05) is 50.2 Å². The molecule has 2 aromatic carbocycles. The highest BCUT2D eigenvalue weighted by molar-refractivity contribution is 7.78. The van der Waals surface area contributed by atoms with Crippen LogP contribution in [0.25, 0.3) is 0 Å². The second-order valence-electron chi connectivity index (χ2n) is 9.14. The van der Waals surface area contributed by atoms with Gasteiger partial charge in [0.2, 0.25) is 0 Å². The maximum atomic E-state index is 15.1. The number of nitrogens with zero attached hydrogens (tertiary/aromatic N) is 2. The zero-order valence-electron chi connectivity index (χ0n) is 17.7. The van der Waals surface area contributed by atoms with Crippen molar-refractivity contribution < 1.29 is 14.2 Å². The zero-order chi connectivity index (χ0) is 20.8. The molecule has 5 rings (SSSR count). The summed E-state index contributed by atoms with van der Waals surface area (Å²) in [5.41, 5.74) is 3.25. The highest BCUT2D eigenvalue weighted by Crippen LogP contribution is 2.65. The van der Waals surface area contributed by atoms with Gasteiger partial charge >= 0.3 is 0 Å². The van der Waals surface area contributed by atoms with Crippen LogP contribution >= 0.6 is 7.29 Å². The van der Waals surface area contributed by atoms with Gasteiger partial charge in [0, 0.05) is 11.7 Å².